The highest BCUT2D eigenvalue weighted by Gasteiger charge is 2.25. The molecule has 8 nitrogen and oxygen atoms in total. The minimum atomic E-state index is -4.32. The van der Waals surface area contributed by atoms with E-state index in [-0.39, 0.29) is 32.8 Å². The van der Waals surface area contributed by atoms with Gasteiger partial charge in [-0.2, -0.15) is 0 Å². The van der Waals surface area contributed by atoms with Crippen molar-refractivity contribution in [2.45, 2.75) is 168 Å². The van der Waals surface area contributed by atoms with Crippen LogP contribution >= 0.6 is 7.82 Å². The maximum atomic E-state index is 12.5. The molecule has 54 heavy (non-hydrogen) atoms. The SMILES string of the molecule is CC/C=C\C/C=C\C/C=C\C/C=C\C/C=C\C/C=C\CCC(=O)OC(CO/C=C/CCCCCCCCCCCCCCCC)COP(=O)(O)OCCN. The summed E-state index contributed by atoms with van der Waals surface area (Å²) in [4.78, 5) is 22.4. The second-order valence-corrected chi connectivity index (χ2v) is 15.0. The van der Waals surface area contributed by atoms with Crippen molar-refractivity contribution in [2.75, 3.05) is 26.4 Å². The van der Waals surface area contributed by atoms with E-state index < -0.39 is 19.9 Å². The molecule has 0 aromatic rings. The van der Waals surface area contributed by atoms with Crippen LogP contribution in [0.4, 0.5) is 0 Å². The Morgan fingerprint density at radius 1 is 0.593 bits per heavy atom. The normalized spacial score (nSPS) is 14.3. The van der Waals surface area contributed by atoms with Crippen molar-refractivity contribution in [3.63, 3.8) is 0 Å². The van der Waals surface area contributed by atoms with Crippen molar-refractivity contribution in [3.05, 3.63) is 85.3 Å². The lowest BCUT2D eigenvalue weighted by Crippen LogP contribution is -2.27. The van der Waals surface area contributed by atoms with Crippen molar-refractivity contribution in [1.29, 1.82) is 0 Å². The Morgan fingerprint density at radius 2 is 1.06 bits per heavy atom. The number of hydrogen-bond donors (Lipinski definition) is 2. The molecule has 0 bridgehead atoms. The summed E-state index contributed by atoms with van der Waals surface area (Å²) < 4.78 is 33.1. The van der Waals surface area contributed by atoms with E-state index in [1.54, 1.807) is 6.26 Å². The average Bonchev–Trinajstić information content (AvgIpc) is 3.16. The van der Waals surface area contributed by atoms with Gasteiger partial charge < -0.3 is 20.1 Å². The zero-order chi connectivity index (χ0) is 39.5. The molecule has 0 radical (unpaired) electrons. The Labute approximate surface area is 330 Å². The van der Waals surface area contributed by atoms with Crippen LogP contribution in [0.2, 0.25) is 0 Å². The van der Waals surface area contributed by atoms with Crippen LogP contribution in [-0.2, 0) is 27.9 Å². The van der Waals surface area contributed by atoms with Gasteiger partial charge in [-0.1, -0.05) is 170 Å². The number of esters is 1. The monoisotopic (exact) mass is 776 g/mol. The van der Waals surface area contributed by atoms with E-state index in [1.807, 2.05) is 18.2 Å². The van der Waals surface area contributed by atoms with E-state index in [4.69, 9.17) is 24.3 Å². The first kappa shape index (κ1) is 51.5. The molecule has 0 amide bonds. The third-order valence-electron chi connectivity index (χ3n) is 8.40. The molecule has 0 aromatic carbocycles. The first-order valence-corrected chi connectivity index (χ1v) is 22.6. The Balaban J connectivity index is 4.25. The fourth-order valence-corrected chi connectivity index (χ4v) is 6.11. The van der Waals surface area contributed by atoms with Crippen molar-refractivity contribution in [2.24, 2.45) is 5.73 Å². The van der Waals surface area contributed by atoms with Crippen LogP contribution in [0.3, 0.4) is 0 Å². The number of phosphoric ester groups is 1. The molecule has 0 heterocycles. The van der Waals surface area contributed by atoms with Crippen LogP contribution < -0.4 is 5.73 Å². The van der Waals surface area contributed by atoms with E-state index >= 15 is 0 Å². The zero-order valence-corrected chi connectivity index (χ0v) is 35.1. The van der Waals surface area contributed by atoms with Crippen LogP contribution in [-0.4, -0.2) is 43.3 Å². The number of unbranched alkanes of at least 4 members (excludes halogenated alkanes) is 14. The fraction of sp³-hybridized carbons (Fsp3) is 0.667. The molecule has 0 aliphatic rings. The van der Waals surface area contributed by atoms with Crippen LogP contribution in [0.1, 0.15) is 162 Å². The third kappa shape index (κ3) is 40.7. The molecular weight excluding hydrogens is 697 g/mol. The lowest BCUT2D eigenvalue weighted by atomic mass is 10.0. The quantitative estimate of drug-likeness (QED) is 0.0208. The molecule has 9 heteroatoms. The van der Waals surface area contributed by atoms with Gasteiger partial charge in [0.25, 0.3) is 0 Å². The summed E-state index contributed by atoms with van der Waals surface area (Å²) in [5.41, 5.74) is 5.35. The van der Waals surface area contributed by atoms with Crippen LogP contribution in [0.5, 0.6) is 0 Å². The molecule has 0 aromatic heterocycles. The lowest BCUT2D eigenvalue weighted by molar-refractivity contribution is -0.153. The van der Waals surface area contributed by atoms with Gasteiger partial charge >= 0.3 is 13.8 Å². The van der Waals surface area contributed by atoms with Crippen molar-refractivity contribution in [3.8, 4) is 0 Å². The molecular formula is C45H78NO7P. The molecule has 0 aliphatic carbocycles. The topological polar surface area (TPSA) is 117 Å². The number of hydrogen-bond acceptors (Lipinski definition) is 7. The minimum absolute atomic E-state index is 0.00220. The van der Waals surface area contributed by atoms with Gasteiger partial charge in [0.1, 0.15) is 6.61 Å². The number of allylic oxidation sites excluding steroid dienone is 13. The van der Waals surface area contributed by atoms with E-state index in [2.05, 4.69) is 74.6 Å². The van der Waals surface area contributed by atoms with Gasteiger partial charge in [0.05, 0.1) is 19.5 Å². The maximum Gasteiger partial charge on any atom is 0.472 e. The summed E-state index contributed by atoms with van der Waals surface area (Å²) >= 11 is 0. The van der Waals surface area contributed by atoms with Crippen molar-refractivity contribution >= 4 is 13.8 Å². The minimum Gasteiger partial charge on any atom is -0.498 e. The third-order valence-corrected chi connectivity index (χ3v) is 9.39. The first-order valence-electron chi connectivity index (χ1n) is 21.1. The van der Waals surface area contributed by atoms with Crippen LogP contribution in [0.15, 0.2) is 85.3 Å². The molecule has 2 atom stereocenters. The van der Waals surface area contributed by atoms with Gasteiger partial charge in [-0.05, 0) is 63.9 Å². The van der Waals surface area contributed by atoms with Crippen LogP contribution in [0.25, 0.3) is 0 Å². The molecule has 0 saturated heterocycles. The van der Waals surface area contributed by atoms with E-state index in [1.165, 1.54) is 83.5 Å². The highest BCUT2D eigenvalue weighted by Crippen LogP contribution is 2.43. The molecule has 0 saturated carbocycles. The fourth-order valence-electron chi connectivity index (χ4n) is 5.34. The highest BCUT2D eigenvalue weighted by molar-refractivity contribution is 7.47. The van der Waals surface area contributed by atoms with Gasteiger partial charge in [0, 0.05) is 13.0 Å². The number of nitrogens with two attached hydrogens (primary N) is 1. The largest absolute Gasteiger partial charge is 0.498 e. The Hall–Kier alpha value is -2.48. The average molecular weight is 776 g/mol. The van der Waals surface area contributed by atoms with Gasteiger partial charge in [-0.25, -0.2) is 4.57 Å². The van der Waals surface area contributed by atoms with Crippen molar-refractivity contribution in [1.82, 2.24) is 0 Å². The summed E-state index contributed by atoms with van der Waals surface area (Å²) in [6, 6.07) is 0. The maximum absolute atomic E-state index is 12.5. The highest BCUT2D eigenvalue weighted by atomic mass is 31.2. The molecule has 0 fully saturated rings. The second-order valence-electron chi connectivity index (χ2n) is 13.5. The first-order chi connectivity index (χ1) is 26.4. The second kappa shape index (κ2) is 41.7. The zero-order valence-electron chi connectivity index (χ0n) is 34.2. The molecule has 3 N–H and O–H groups in total. The number of carbonyl (C=O) groups excluding carboxylic acids is 1. The summed E-state index contributed by atoms with van der Waals surface area (Å²) in [5, 5.41) is 0. The number of carbonyl (C=O) groups is 1. The Morgan fingerprint density at radius 3 is 1.54 bits per heavy atom. The van der Waals surface area contributed by atoms with Gasteiger partial charge in [0.15, 0.2) is 6.10 Å². The molecule has 2 unspecified atom stereocenters. The molecule has 310 valence electrons. The van der Waals surface area contributed by atoms with E-state index in [0.29, 0.717) is 6.42 Å². The summed E-state index contributed by atoms with van der Waals surface area (Å²) in [6.45, 7) is 4.03. The predicted octanol–water partition coefficient (Wildman–Crippen LogP) is 12.9. The smallest absolute Gasteiger partial charge is 0.472 e. The number of ether oxygens (including phenoxy) is 2. The number of phosphoric acid groups is 1. The Kier molecular flexibility index (Phi) is 39.8. The summed E-state index contributed by atoms with van der Waals surface area (Å²) in [6.07, 6.45) is 54.2. The standard InChI is InChI=1S/C45H78NO7P/c1-3-5-7-9-11-13-15-17-19-21-22-23-24-26-28-30-32-34-36-38-45(47)53-44(43-52-54(48,49)51-41-39-46)42-50-40-37-35-33-31-29-27-25-20-18-16-14-12-10-8-6-4-2/h5,7,11,13,17,19,22-23,26,28,32,34,37,40,44H,3-4,6,8-10,12,14-16,18,20-21,24-25,27,29-31,33,35-36,38-39,41-43,46H2,1-2H3,(H,48,49)/b7-5-,13-11-,19-17-,23-22-,28-26-,34-32-,40-37+. The van der Waals surface area contributed by atoms with Crippen molar-refractivity contribution < 1.29 is 32.8 Å². The summed E-state index contributed by atoms with van der Waals surface area (Å²) in [7, 11) is -4.32. The van der Waals surface area contributed by atoms with Crippen LogP contribution in [0, 0.1) is 0 Å². The van der Waals surface area contributed by atoms with E-state index in [0.717, 1.165) is 51.4 Å². The molecule has 0 rings (SSSR count). The molecule has 0 spiro atoms. The number of rotatable bonds is 39. The van der Waals surface area contributed by atoms with Gasteiger partial charge in [-0.15, -0.1) is 0 Å². The predicted molar refractivity (Wildman–Crippen MR) is 228 cm³/mol. The lowest BCUT2D eigenvalue weighted by Gasteiger charge is -2.19. The Bertz CT molecular complexity index is 1100. The summed E-state index contributed by atoms with van der Waals surface area (Å²) in [5.74, 6) is -0.436. The van der Waals surface area contributed by atoms with Gasteiger partial charge in [-0.3, -0.25) is 13.8 Å². The van der Waals surface area contributed by atoms with Gasteiger partial charge in [0.2, 0.25) is 0 Å². The van der Waals surface area contributed by atoms with E-state index in [9.17, 15) is 14.3 Å². The molecule has 0 aliphatic heterocycles.